The highest BCUT2D eigenvalue weighted by molar-refractivity contribution is 5.76. The van der Waals surface area contributed by atoms with Crippen molar-refractivity contribution in [1.82, 2.24) is 24.3 Å². The zero-order valence-electron chi connectivity index (χ0n) is 14.1. The first-order valence-electron chi connectivity index (χ1n) is 7.90. The summed E-state index contributed by atoms with van der Waals surface area (Å²) in [5.74, 6) is 0.481. The highest BCUT2D eigenvalue weighted by atomic mass is 16.1. The van der Waals surface area contributed by atoms with E-state index in [9.17, 15) is 10.1 Å². The van der Waals surface area contributed by atoms with Gasteiger partial charge in [-0.25, -0.2) is 15.0 Å². The summed E-state index contributed by atoms with van der Waals surface area (Å²) in [5, 5.41) is 9.33. The van der Waals surface area contributed by atoms with Crippen LogP contribution in [0, 0.1) is 18.3 Å². The van der Waals surface area contributed by atoms with E-state index < -0.39 is 0 Å². The van der Waals surface area contributed by atoms with E-state index in [1.807, 2.05) is 33.2 Å². The number of nitrogens with one attached hydrogen (secondary N) is 1. The summed E-state index contributed by atoms with van der Waals surface area (Å²) in [5.41, 5.74) is 3.61. The lowest BCUT2D eigenvalue weighted by Crippen LogP contribution is -2.04. The molecule has 0 amide bonds. The van der Waals surface area contributed by atoms with Gasteiger partial charge in [0.15, 0.2) is 11.5 Å². The Morgan fingerprint density at radius 1 is 1.20 bits per heavy atom. The third kappa shape index (κ3) is 2.97. The van der Waals surface area contributed by atoms with Gasteiger partial charge >= 0.3 is 0 Å². The highest BCUT2D eigenvalue weighted by Crippen LogP contribution is 2.21. The van der Waals surface area contributed by atoms with Crippen LogP contribution in [0.3, 0.4) is 0 Å². The summed E-state index contributed by atoms with van der Waals surface area (Å²) in [4.78, 5) is 27.1. The number of fused-ring (bicyclic) bond motifs is 2. The molecule has 4 rings (SSSR count). The number of imidazole rings is 1. The molecule has 0 aliphatic heterocycles. The van der Waals surface area contributed by atoms with Gasteiger partial charge in [-0.3, -0.25) is 4.79 Å². The van der Waals surface area contributed by atoms with Gasteiger partial charge in [-0.05, 0) is 19.1 Å². The molecule has 1 N–H and O–H groups in total. The standard InChI is InChI=1S/C16H10N6O.C2H6/c1-9-7-22-8-11(4-10(5-17)16(22)19-9)15-18-6-13-12(21-15)2-3-14(23)20-13;1-2/h2-4,6-8H,1H3,(H,20,23);1-2H3. The minimum Gasteiger partial charge on any atom is -0.319 e. The molecule has 0 aromatic carbocycles. The molecule has 0 aliphatic rings. The topological polar surface area (TPSA) is 99.7 Å². The lowest BCUT2D eigenvalue weighted by atomic mass is 10.2. The molecule has 4 heterocycles. The molecular weight excluding hydrogens is 316 g/mol. The fourth-order valence-electron chi connectivity index (χ4n) is 2.51. The zero-order chi connectivity index (χ0) is 18.0. The van der Waals surface area contributed by atoms with E-state index in [0.717, 1.165) is 5.69 Å². The molecule has 0 radical (unpaired) electrons. The second kappa shape index (κ2) is 6.53. The van der Waals surface area contributed by atoms with Gasteiger partial charge in [-0.1, -0.05) is 13.8 Å². The minimum absolute atomic E-state index is 0.198. The molecule has 0 atom stereocenters. The first-order chi connectivity index (χ1) is 12.1. The minimum atomic E-state index is -0.198. The first-order valence-corrected chi connectivity index (χ1v) is 7.90. The van der Waals surface area contributed by atoms with Crippen molar-refractivity contribution in [2.45, 2.75) is 20.8 Å². The van der Waals surface area contributed by atoms with Gasteiger partial charge in [-0.15, -0.1) is 0 Å². The molecule has 0 fully saturated rings. The normalized spacial score (nSPS) is 10.3. The molecule has 0 saturated carbocycles. The van der Waals surface area contributed by atoms with Gasteiger partial charge in [0.25, 0.3) is 0 Å². The van der Waals surface area contributed by atoms with Gasteiger partial charge in [0.05, 0.1) is 28.5 Å². The fraction of sp³-hybridized carbons (Fsp3) is 0.167. The molecule has 0 unspecified atom stereocenters. The van der Waals surface area contributed by atoms with Crippen LogP contribution in [0.2, 0.25) is 0 Å². The van der Waals surface area contributed by atoms with Crippen molar-refractivity contribution in [3.8, 4) is 17.5 Å². The Hall–Kier alpha value is -3.53. The van der Waals surface area contributed by atoms with Crippen molar-refractivity contribution in [1.29, 1.82) is 5.26 Å². The van der Waals surface area contributed by atoms with Crippen LogP contribution in [-0.2, 0) is 0 Å². The molecule has 4 aromatic rings. The number of hydrogen-bond donors (Lipinski definition) is 1. The Morgan fingerprint density at radius 2 is 2.00 bits per heavy atom. The maximum absolute atomic E-state index is 11.3. The van der Waals surface area contributed by atoms with E-state index in [1.165, 1.54) is 6.07 Å². The van der Waals surface area contributed by atoms with Crippen LogP contribution in [0.5, 0.6) is 0 Å². The summed E-state index contributed by atoms with van der Waals surface area (Å²) >= 11 is 0. The summed E-state index contributed by atoms with van der Waals surface area (Å²) in [6.07, 6.45) is 5.25. The molecular formula is C18H16N6O. The van der Waals surface area contributed by atoms with E-state index in [2.05, 4.69) is 26.0 Å². The third-order valence-electron chi connectivity index (χ3n) is 3.52. The fourth-order valence-corrected chi connectivity index (χ4v) is 2.51. The quantitative estimate of drug-likeness (QED) is 0.578. The SMILES string of the molecule is CC.Cc1cn2cc(-c3ncc4[nH]c(=O)ccc4n3)cc(C#N)c2n1. The van der Waals surface area contributed by atoms with Crippen LogP contribution in [0.25, 0.3) is 28.1 Å². The Bertz CT molecular complexity index is 1170. The monoisotopic (exact) mass is 332 g/mol. The van der Waals surface area contributed by atoms with Crippen LogP contribution >= 0.6 is 0 Å². The molecule has 0 saturated heterocycles. The van der Waals surface area contributed by atoms with Crippen molar-refractivity contribution in [3.63, 3.8) is 0 Å². The number of pyridine rings is 2. The molecule has 25 heavy (non-hydrogen) atoms. The van der Waals surface area contributed by atoms with Gasteiger partial charge < -0.3 is 9.38 Å². The summed E-state index contributed by atoms with van der Waals surface area (Å²) in [7, 11) is 0. The van der Waals surface area contributed by atoms with Crippen LogP contribution in [0.4, 0.5) is 0 Å². The molecule has 0 aliphatic carbocycles. The molecule has 124 valence electrons. The largest absolute Gasteiger partial charge is 0.319 e. The number of nitrogens with zero attached hydrogens (tertiary/aromatic N) is 5. The summed E-state index contributed by atoms with van der Waals surface area (Å²) in [6, 6.07) is 6.93. The average molecular weight is 332 g/mol. The second-order valence-corrected chi connectivity index (χ2v) is 5.18. The smallest absolute Gasteiger partial charge is 0.248 e. The van der Waals surface area contributed by atoms with Crippen LogP contribution < -0.4 is 5.56 Å². The Kier molecular flexibility index (Phi) is 4.27. The zero-order valence-corrected chi connectivity index (χ0v) is 14.1. The molecule has 4 aromatic heterocycles. The number of H-pyrrole nitrogens is 1. The number of nitriles is 1. The van der Waals surface area contributed by atoms with Gasteiger partial charge in [0.1, 0.15) is 6.07 Å². The summed E-state index contributed by atoms with van der Waals surface area (Å²) in [6.45, 7) is 5.87. The number of aromatic amines is 1. The predicted molar refractivity (Wildman–Crippen MR) is 95.1 cm³/mol. The summed E-state index contributed by atoms with van der Waals surface area (Å²) < 4.78 is 1.80. The lowest BCUT2D eigenvalue weighted by molar-refractivity contribution is 1.14. The molecule has 7 nitrogen and oxygen atoms in total. The van der Waals surface area contributed by atoms with E-state index in [4.69, 9.17) is 0 Å². The predicted octanol–water partition coefficient (Wildman–Crippen LogP) is 2.84. The van der Waals surface area contributed by atoms with E-state index in [1.54, 1.807) is 22.7 Å². The first kappa shape index (κ1) is 16.3. The van der Waals surface area contributed by atoms with Crippen molar-refractivity contribution < 1.29 is 0 Å². The van der Waals surface area contributed by atoms with Crippen LogP contribution in [0.1, 0.15) is 25.1 Å². The molecule has 7 heteroatoms. The van der Waals surface area contributed by atoms with E-state index >= 15 is 0 Å². The Morgan fingerprint density at radius 3 is 2.76 bits per heavy atom. The van der Waals surface area contributed by atoms with Gasteiger partial charge in [0, 0.05) is 24.0 Å². The van der Waals surface area contributed by atoms with Crippen LogP contribution in [0.15, 0.2) is 41.6 Å². The third-order valence-corrected chi connectivity index (χ3v) is 3.52. The van der Waals surface area contributed by atoms with Gasteiger partial charge in [-0.2, -0.15) is 5.26 Å². The van der Waals surface area contributed by atoms with Crippen LogP contribution in [-0.4, -0.2) is 24.3 Å². The number of aryl methyl sites for hydroxylation is 1. The number of aromatic nitrogens is 5. The Labute approximate surface area is 143 Å². The maximum atomic E-state index is 11.3. The number of hydrogen-bond acceptors (Lipinski definition) is 5. The maximum Gasteiger partial charge on any atom is 0.248 e. The number of rotatable bonds is 1. The van der Waals surface area contributed by atoms with E-state index in [0.29, 0.717) is 33.6 Å². The lowest BCUT2D eigenvalue weighted by Gasteiger charge is -2.04. The van der Waals surface area contributed by atoms with Crippen molar-refractivity contribution in [2.24, 2.45) is 0 Å². The van der Waals surface area contributed by atoms with E-state index in [-0.39, 0.29) is 5.56 Å². The van der Waals surface area contributed by atoms with Crippen molar-refractivity contribution >= 4 is 16.7 Å². The average Bonchev–Trinajstić information content (AvgIpc) is 3.02. The second-order valence-electron chi connectivity index (χ2n) is 5.18. The molecule has 0 bridgehead atoms. The Balaban J connectivity index is 0.000000880. The van der Waals surface area contributed by atoms with Gasteiger partial charge in [0.2, 0.25) is 5.56 Å². The highest BCUT2D eigenvalue weighted by Gasteiger charge is 2.10. The molecule has 0 spiro atoms. The van der Waals surface area contributed by atoms with Crippen molar-refractivity contribution in [2.75, 3.05) is 0 Å². The van der Waals surface area contributed by atoms with Crippen molar-refractivity contribution in [3.05, 3.63) is 58.4 Å².